The Hall–Kier alpha value is -2.90. The second-order valence-corrected chi connectivity index (χ2v) is 8.04. The Bertz CT molecular complexity index is 840. The number of urea groups is 1. The van der Waals surface area contributed by atoms with Gasteiger partial charge in [0.15, 0.2) is 0 Å². The fraction of sp³-hybridized carbons (Fsp3) is 0.524. The maximum Gasteiger partial charge on any atom is 0.325 e. The van der Waals surface area contributed by atoms with E-state index in [1.807, 2.05) is 13.0 Å². The van der Waals surface area contributed by atoms with E-state index in [4.69, 9.17) is 0 Å². The summed E-state index contributed by atoms with van der Waals surface area (Å²) in [6.07, 6.45) is 3.43. The third kappa shape index (κ3) is 4.26. The van der Waals surface area contributed by atoms with Crippen LogP contribution in [0.3, 0.4) is 0 Å². The van der Waals surface area contributed by atoms with Gasteiger partial charge in [-0.05, 0) is 43.4 Å². The first-order valence-electron chi connectivity index (χ1n) is 10.0. The highest BCUT2D eigenvalue weighted by molar-refractivity contribution is 6.09. The van der Waals surface area contributed by atoms with E-state index < -0.39 is 17.5 Å². The number of hydrogen-bond acceptors (Lipinski definition) is 4. The van der Waals surface area contributed by atoms with Crippen LogP contribution in [0.15, 0.2) is 24.3 Å². The molecule has 2 aliphatic rings. The number of benzene rings is 1. The highest BCUT2D eigenvalue weighted by Gasteiger charge is 2.55. The van der Waals surface area contributed by atoms with Gasteiger partial charge in [-0.1, -0.05) is 31.9 Å². The summed E-state index contributed by atoms with van der Waals surface area (Å²) in [5, 5.41) is 8.38. The van der Waals surface area contributed by atoms with Crippen LogP contribution in [-0.4, -0.2) is 40.7 Å². The molecule has 1 spiro atoms. The Kier molecular flexibility index (Phi) is 5.91. The zero-order valence-corrected chi connectivity index (χ0v) is 17.1. The zero-order valence-electron chi connectivity index (χ0n) is 17.1. The molecule has 29 heavy (non-hydrogen) atoms. The van der Waals surface area contributed by atoms with Crippen molar-refractivity contribution in [2.24, 2.45) is 5.92 Å². The molecule has 1 aliphatic carbocycles. The molecule has 3 N–H and O–H groups in total. The maximum atomic E-state index is 13.0. The third-order valence-corrected chi connectivity index (χ3v) is 5.89. The van der Waals surface area contributed by atoms with Gasteiger partial charge in [-0.25, -0.2) is 4.79 Å². The monoisotopic (exact) mass is 400 g/mol. The SMILES string of the molecule is CC(=O)Nc1cccc(C(C)NC(=O)CN2C(=O)NC3(CCCCC3C)C2=O)c1. The molecule has 1 aliphatic heterocycles. The molecule has 0 aromatic heterocycles. The van der Waals surface area contributed by atoms with Crippen molar-refractivity contribution >= 4 is 29.4 Å². The number of carbonyl (C=O) groups is 4. The fourth-order valence-corrected chi connectivity index (χ4v) is 4.24. The molecule has 1 heterocycles. The Morgan fingerprint density at radius 2 is 2.07 bits per heavy atom. The van der Waals surface area contributed by atoms with E-state index >= 15 is 0 Å². The lowest BCUT2D eigenvalue weighted by molar-refractivity contribution is -0.137. The van der Waals surface area contributed by atoms with Gasteiger partial charge in [-0.3, -0.25) is 19.3 Å². The molecule has 3 atom stereocenters. The van der Waals surface area contributed by atoms with Gasteiger partial charge in [0.25, 0.3) is 5.91 Å². The van der Waals surface area contributed by atoms with Gasteiger partial charge in [0, 0.05) is 12.6 Å². The van der Waals surface area contributed by atoms with Gasteiger partial charge < -0.3 is 16.0 Å². The highest BCUT2D eigenvalue weighted by Crippen LogP contribution is 2.38. The number of anilines is 1. The molecule has 3 rings (SSSR count). The second-order valence-electron chi connectivity index (χ2n) is 8.04. The van der Waals surface area contributed by atoms with Crippen LogP contribution in [0.4, 0.5) is 10.5 Å². The van der Waals surface area contributed by atoms with Gasteiger partial charge in [-0.15, -0.1) is 0 Å². The van der Waals surface area contributed by atoms with Crippen molar-refractivity contribution in [3.8, 4) is 0 Å². The molecule has 5 amide bonds. The Balaban J connectivity index is 1.64. The molecule has 1 aromatic rings. The highest BCUT2D eigenvalue weighted by atomic mass is 16.2. The van der Waals surface area contributed by atoms with Crippen LogP contribution in [0.2, 0.25) is 0 Å². The van der Waals surface area contributed by atoms with Crippen molar-refractivity contribution < 1.29 is 19.2 Å². The van der Waals surface area contributed by atoms with Crippen LogP contribution >= 0.6 is 0 Å². The van der Waals surface area contributed by atoms with Gasteiger partial charge in [0.05, 0.1) is 6.04 Å². The van der Waals surface area contributed by atoms with Crippen LogP contribution in [0.5, 0.6) is 0 Å². The van der Waals surface area contributed by atoms with Gasteiger partial charge in [-0.2, -0.15) is 0 Å². The van der Waals surface area contributed by atoms with Gasteiger partial charge >= 0.3 is 6.03 Å². The van der Waals surface area contributed by atoms with E-state index in [0.717, 1.165) is 29.7 Å². The third-order valence-electron chi connectivity index (χ3n) is 5.89. The van der Waals surface area contributed by atoms with Crippen LogP contribution in [0.25, 0.3) is 0 Å². The Labute approximate surface area is 170 Å². The molecule has 3 unspecified atom stereocenters. The minimum atomic E-state index is -0.867. The summed E-state index contributed by atoms with van der Waals surface area (Å²) in [6.45, 7) is 4.90. The van der Waals surface area contributed by atoms with E-state index in [1.165, 1.54) is 6.92 Å². The first kappa shape index (κ1) is 20.8. The molecular formula is C21H28N4O4. The van der Waals surface area contributed by atoms with Crippen LogP contribution in [0.1, 0.15) is 58.1 Å². The summed E-state index contributed by atoms with van der Waals surface area (Å²) in [5.74, 6) is -0.837. The normalized spacial score (nSPS) is 24.9. The molecule has 2 fully saturated rings. The predicted molar refractivity (Wildman–Crippen MR) is 108 cm³/mol. The summed E-state index contributed by atoms with van der Waals surface area (Å²) in [5.41, 5.74) is 0.575. The van der Waals surface area contributed by atoms with Crippen LogP contribution in [-0.2, 0) is 14.4 Å². The summed E-state index contributed by atoms with van der Waals surface area (Å²) >= 11 is 0. The number of nitrogens with zero attached hydrogens (tertiary/aromatic N) is 1. The van der Waals surface area contributed by atoms with E-state index in [0.29, 0.717) is 12.1 Å². The number of amides is 5. The van der Waals surface area contributed by atoms with Crippen molar-refractivity contribution in [1.29, 1.82) is 0 Å². The van der Waals surface area contributed by atoms with Crippen molar-refractivity contribution in [3.63, 3.8) is 0 Å². The first-order valence-corrected chi connectivity index (χ1v) is 10.0. The summed E-state index contributed by atoms with van der Waals surface area (Å²) in [4.78, 5) is 50.2. The largest absolute Gasteiger partial charge is 0.348 e. The molecule has 1 aromatic carbocycles. The van der Waals surface area contributed by atoms with Gasteiger partial charge in [0.2, 0.25) is 11.8 Å². The van der Waals surface area contributed by atoms with E-state index in [2.05, 4.69) is 16.0 Å². The molecule has 1 saturated carbocycles. The Morgan fingerprint density at radius 3 is 2.76 bits per heavy atom. The zero-order chi connectivity index (χ0) is 21.2. The van der Waals surface area contributed by atoms with Crippen molar-refractivity contribution in [2.45, 2.75) is 58.0 Å². The number of imide groups is 1. The lowest BCUT2D eigenvalue weighted by Gasteiger charge is -2.36. The van der Waals surface area contributed by atoms with Crippen molar-refractivity contribution in [2.75, 3.05) is 11.9 Å². The minimum Gasteiger partial charge on any atom is -0.348 e. The molecule has 0 bridgehead atoms. The lowest BCUT2D eigenvalue weighted by atomic mass is 9.73. The van der Waals surface area contributed by atoms with Crippen molar-refractivity contribution in [1.82, 2.24) is 15.5 Å². The lowest BCUT2D eigenvalue weighted by Crippen LogP contribution is -2.54. The average molecular weight is 400 g/mol. The summed E-state index contributed by atoms with van der Waals surface area (Å²) in [7, 11) is 0. The van der Waals surface area contributed by atoms with E-state index in [-0.39, 0.29) is 30.3 Å². The van der Waals surface area contributed by atoms with E-state index in [1.54, 1.807) is 25.1 Å². The average Bonchev–Trinajstić information content (AvgIpc) is 2.89. The maximum absolute atomic E-state index is 13.0. The number of rotatable bonds is 5. The fourth-order valence-electron chi connectivity index (χ4n) is 4.24. The molecule has 0 radical (unpaired) electrons. The Morgan fingerprint density at radius 1 is 1.31 bits per heavy atom. The second kappa shape index (κ2) is 8.23. The quantitative estimate of drug-likeness (QED) is 0.659. The molecule has 156 valence electrons. The number of hydrogen-bond donors (Lipinski definition) is 3. The number of carbonyl (C=O) groups excluding carboxylic acids is 4. The molecular weight excluding hydrogens is 372 g/mol. The van der Waals surface area contributed by atoms with E-state index in [9.17, 15) is 19.2 Å². The van der Waals surface area contributed by atoms with Gasteiger partial charge in [0.1, 0.15) is 12.1 Å². The predicted octanol–water partition coefficient (Wildman–Crippen LogP) is 2.32. The molecule has 1 saturated heterocycles. The van der Waals surface area contributed by atoms with Crippen molar-refractivity contribution in [3.05, 3.63) is 29.8 Å². The standard InChI is InChI=1S/C21H28N4O4/c1-13-7-4-5-10-21(13)19(28)25(20(29)24-21)12-18(27)22-14(2)16-8-6-9-17(11-16)23-15(3)26/h6,8-9,11,13-14H,4-5,7,10,12H2,1-3H3,(H,22,27)(H,23,26)(H,24,29). The van der Waals surface area contributed by atoms with Crippen LogP contribution < -0.4 is 16.0 Å². The van der Waals surface area contributed by atoms with Crippen LogP contribution in [0, 0.1) is 5.92 Å². The first-order chi connectivity index (χ1) is 13.7. The summed E-state index contributed by atoms with van der Waals surface area (Å²) in [6, 6.07) is 6.31. The molecule has 8 heteroatoms. The smallest absolute Gasteiger partial charge is 0.325 e. The summed E-state index contributed by atoms with van der Waals surface area (Å²) < 4.78 is 0. The minimum absolute atomic E-state index is 0.0520. The number of nitrogens with one attached hydrogen (secondary N) is 3. The molecule has 8 nitrogen and oxygen atoms in total. The topological polar surface area (TPSA) is 108 Å².